The van der Waals surface area contributed by atoms with Crippen LogP contribution in [-0.2, 0) is 4.84 Å². The highest BCUT2D eigenvalue weighted by Gasteiger charge is 2.15. The predicted octanol–water partition coefficient (Wildman–Crippen LogP) is 4.62. The standard InChI is InChI=1S/C22H19N5O2S/c1-15(26-29-2)16-6-7-19(27-12-11-23-14-27)18(13-16)25-22(28)21-9-8-20(30-21)17-5-3-4-10-24-17/h3-14H,1-2H3,(H,25,28)/b26-15+. The maximum absolute atomic E-state index is 13.0. The molecule has 1 N–H and O–H groups in total. The quantitative estimate of drug-likeness (QED) is 0.367. The monoisotopic (exact) mass is 417 g/mol. The number of amides is 1. The average Bonchev–Trinajstić information content (AvgIpc) is 3.47. The molecular formula is C22H19N5O2S. The van der Waals surface area contributed by atoms with Crippen LogP contribution in [0.25, 0.3) is 16.3 Å². The van der Waals surface area contributed by atoms with Crippen LogP contribution in [0.4, 0.5) is 5.69 Å². The maximum atomic E-state index is 13.0. The van der Waals surface area contributed by atoms with E-state index < -0.39 is 0 Å². The number of benzene rings is 1. The summed E-state index contributed by atoms with van der Waals surface area (Å²) >= 11 is 1.40. The number of thiophene rings is 1. The van der Waals surface area contributed by atoms with Crippen molar-refractivity contribution < 1.29 is 9.63 Å². The smallest absolute Gasteiger partial charge is 0.265 e. The molecule has 30 heavy (non-hydrogen) atoms. The fourth-order valence-electron chi connectivity index (χ4n) is 2.97. The van der Waals surface area contributed by atoms with Crippen LogP contribution in [0.5, 0.6) is 0 Å². The molecule has 0 aliphatic heterocycles. The Kier molecular flexibility index (Phi) is 5.67. The first-order valence-corrected chi connectivity index (χ1v) is 10.0. The molecule has 4 aromatic rings. The minimum Gasteiger partial charge on any atom is -0.399 e. The van der Waals surface area contributed by atoms with Crippen molar-refractivity contribution in [2.45, 2.75) is 6.92 Å². The zero-order chi connectivity index (χ0) is 20.9. The molecule has 0 fully saturated rings. The number of oxime groups is 1. The molecule has 4 rings (SSSR count). The van der Waals surface area contributed by atoms with E-state index in [-0.39, 0.29) is 5.91 Å². The SMILES string of the molecule is CO/N=C(\C)c1ccc(-n2ccnc2)c(NC(=O)c2ccc(-c3ccccn3)s2)c1. The summed E-state index contributed by atoms with van der Waals surface area (Å²) in [6, 6.07) is 15.1. The van der Waals surface area contributed by atoms with Crippen LogP contribution in [0.3, 0.4) is 0 Å². The van der Waals surface area contributed by atoms with Gasteiger partial charge in [-0.15, -0.1) is 11.3 Å². The van der Waals surface area contributed by atoms with E-state index in [4.69, 9.17) is 4.84 Å². The van der Waals surface area contributed by atoms with Crippen LogP contribution in [0, 0.1) is 0 Å². The first-order chi connectivity index (χ1) is 14.7. The number of imidazole rings is 1. The number of nitrogens with one attached hydrogen (secondary N) is 1. The lowest BCUT2D eigenvalue weighted by molar-refractivity contribution is 0.103. The van der Waals surface area contributed by atoms with E-state index in [1.54, 1.807) is 18.7 Å². The number of hydrogen-bond acceptors (Lipinski definition) is 6. The van der Waals surface area contributed by atoms with Gasteiger partial charge in [-0.05, 0) is 43.3 Å². The number of aromatic nitrogens is 3. The molecular weight excluding hydrogens is 398 g/mol. The minimum atomic E-state index is -0.193. The van der Waals surface area contributed by atoms with Crippen molar-refractivity contribution in [3.05, 3.63) is 83.9 Å². The fourth-order valence-corrected chi connectivity index (χ4v) is 3.85. The highest BCUT2D eigenvalue weighted by Crippen LogP contribution is 2.28. The van der Waals surface area contributed by atoms with Crippen molar-refractivity contribution in [3.63, 3.8) is 0 Å². The number of carbonyl (C=O) groups is 1. The summed E-state index contributed by atoms with van der Waals surface area (Å²) in [7, 11) is 1.50. The van der Waals surface area contributed by atoms with Gasteiger partial charge < -0.3 is 14.7 Å². The zero-order valence-corrected chi connectivity index (χ0v) is 17.3. The van der Waals surface area contributed by atoms with Gasteiger partial charge in [0.1, 0.15) is 7.11 Å². The molecule has 1 aromatic carbocycles. The fraction of sp³-hybridized carbons (Fsp3) is 0.0909. The minimum absolute atomic E-state index is 0.193. The third kappa shape index (κ3) is 4.13. The van der Waals surface area contributed by atoms with Gasteiger partial charge in [-0.1, -0.05) is 17.3 Å². The van der Waals surface area contributed by atoms with Gasteiger partial charge in [0.2, 0.25) is 0 Å². The number of pyridine rings is 1. The van der Waals surface area contributed by atoms with Crippen molar-refractivity contribution in [2.24, 2.45) is 5.16 Å². The third-order valence-corrected chi connectivity index (χ3v) is 5.53. The molecule has 3 heterocycles. The van der Waals surface area contributed by atoms with Gasteiger partial charge in [0.25, 0.3) is 5.91 Å². The van der Waals surface area contributed by atoms with Crippen LogP contribution in [0.2, 0.25) is 0 Å². The van der Waals surface area contributed by atoms with Crippen molar-refractivity contribution in [3.8, 4) is 16.3 Å². The summed E-state index contributed by atoms with van der Waals surface area (Å²) in [6.07, 6.45) is 6.94. The van der Waals surface area contributed by atoms with Crippen molar-refractivity contribution in [2.75, 3.05) is 12.4 Å². The second-order valence-electron chi connectivity index (χ2n) is 6.39. The van der Waals surface area contributed by atoms with Crippen molar-refractivity contribution in [1.29, 1.82) is 0 Å². The molecule has 0 saturated carbocycles. The average molecular weight is 417 g/mol. The lowest BCUT2D eigenvalue weighted by Crippen LogP contribution is -2.13. The van der Waals surface area contributed by atoms with Gasteiger partial charge in [0.05, 0.1) is 38.9 Å². The van der Waals surface area contributed by atoms with E-state index in [9.17, 15) is 4.79 Å². The molecule has 0 aliphatic carbocycles. The third-order valence-electron chi connectivity index (χ3n) is 4.42. The van der Waals surface area contributed by atoms with Gasteiger partial charge >= 0.3 is 0 Å². The van der Waals surface area contributed by atoms with E-state index in [0.717, 1.165) is 21.8 Å². The summed E-state index contributed by atoms with van der Waals surface area (Å²) in [6.45, 7) is 1.85. The highest BCUT2D eigenvalue weighted by atomic mass is 32.1. The molecule has 0 radical (unpaired) electrons. The van der Waals surface area contributed by atoms with Gasteiger partial charge in [-0.25, -0.2) is 4.98 Å². The zero-order valence-electron chi connectivity index (χ0n) is 16.4. The number of nitrogens with zero attached hydrogens (tertiary/aromatic N) is 4. The lowest BCUT2D eigenvalue weighted by Gasteiger charge is -2.13. The van der Waals surface area contributed by atoms with Crippen molar-refractivity contribution in [1.82, 2.24) is 14.5 Å². The van der Waals surface area contributed by atoms with Crippen LogP contribution in [-0.4, -0.2) is 33.3 Å². The molecule has 0 saturated heterocycles. The summed E-state index contributed by atoms with van der Waals surface area (Å²) in [4.78, 5) is 27.8. The lowest BCUT2D eigenvalue weighted by atomic mass is 10.1. The molecule has 0 aliphatic rings. The predicted molar refractivity (Wildman–Crippen MR) is 118 cm³/mol. The Morgan fingerprint density at radius 3 is 2.80 bits per heavy atom. The maximum Gasteiger partial charge on any atom is 0.265 e. The van der Waals surface area contributed by atoms with E-state index in [1.807, 2.05) is 66.2 Å². The number of carbonyl (C=O) groups excluding carboxylic acids is 1. The van der Waals surface area contributed by atoms with E-state index in [1.165, 1.54) is 18.4 Å². The molecule has 3 aromatic heterocycles. The van der Waals surface area contributed by atoms with E-state index in [2.05, 4.69) is 20.4 Å². The summed E-state index contributed by atoms with van der Waals surface area (Å²) < 4.78 is 1.84. The van der Waals surface area contributed by atoms with Gasteiger partial charge in [-0.2, -0.15) is 0 Å². The Morgan fingerprint density at radius 2 is 2.07 bits per heavy atom. The van der Waals surface area contributed by atoms with Crippen LogP contribution in [0.15, 0.2) is 78.6 Å². The van der Waals surface area contributed by atoms with E-state index >= 15 is 0 Å². The Labute approximate surface area is 177 Å². The van der Waals surface area contributed by atoms with Crippen LogP contribution in [0.1, 0.15) is 22.2 Å². The van der Waals surface area contributed by atoms with Crippen LogP contribution < -0.4 is 5.32 Å². The second kappa shape index (κ2) is 8.71. The normalized spacial score (nSPS) is 11.3. The molecule has 7 nitrogen and oxygen atoms in total. The molecule has 1 amide bonds. The number of rotatable bonds is 6. The second-order valence-corrected chi connectivity index (χ2v) is 7.48. The topological polar surface area (TPSA) is 81.4 Å². The van der Waals surface area contributed by atoms with Gasteiger partial charge in [-0.3, -0.25) is 9.78 Å². The van der Waals surface area contributed by atoms with E-state index in [0.29, 0.717) is 16.3 Å². The molecule has 8 heteroatoms. The Bertz CT molecular complexity index is 1180. The van der Waals surface area contributed by atoms with Gasteiger partial charge in [0, 0.05) is 24.2 Å². The van der Waals surface area contributed by atoms with Gasteiger partial charge in [0.15, 0.2) is 0 Å². The van der Waals surface area contributed by atoms with Crippen molar-refractivity contribution >= 4 is 28.6 Å². The molecule has 0 atom stereocenters. The summed E-state index contributed by atoms with van der Waals surface area (Å²) in [5.41, 5.74) is 3.84. The Balaban J connectivity index is 1.66. The molecule has 0 unspecified atom stereocenters. The first kappa shape index (κ1) is 19.5. The largest absolute Gasteiger partial charge is 0.399 e. The number of anilines is 1. The Morgan fingerprint density at radius 1 is 1.17 bits per heavy atom. The molecule has 150 valence electrons. The summed E-state index contributed by atoms with van der Waals surface area (Å²) in [5, 5.41) is 7.01. The number of hydrogen-bond donors (Lipinski definition) is 1. The Hall–Kier alpha value is -3.78. The molecule has 0 spiro atoms. The molecule has 0 bridgehead atoms. The first-order valence-electron chi connectivity index (χ1n) is 9.19. The highest BCUT2D eigenvalue weighted by molar-refractivity contribution is 7.17. The van der Waals surface area contributed by atoms with Crippen LogP contribution >= 0.6 is 11.3 Å². The summed E-state index contributed by atoms with van der Waals surface area (Å²) in [5.74, 6) is -0.193.